The van der Waals surface area contributed by atoms with Gasteiger partial charge in [0.2, 0.25) is 4.77 Å². The number of rotatable bonds is 2. The molecule has 2 aromatic heterocycles. The summed E-state index contributed by atoms with van der Waals surface area (Å²) in [5.74, 6) is 0. The second-order valence-electron chi connectivity index (χ2n) is 4.48. The van der Waals surface area contributed by atoms with Gasteiger partial charge in [-0.15, -0.1) is 11.3 Å². The van der Waals surface area contributed by atoms with Crippen LogP contribution >= 0.6 is 46.8 Å². The molecule has 3 rings (SSSR count). The van der Waals surface area contributed by atoms with Gasteiger partial charge < -0.3 is 0 Å². The second kappa shape index (κ2) is 5.96. The van der Waals surface area contributed by atoms with E-state index in [1.807, 2.05) is 0 Å². The summed E-state index contributed by atoms with van der Waals surface area (Å²) in [5, 5.41) is 4.85. The van der Waals surface area contributed by atoms with Crippen LogP contribution in [0, 0.1) is 4.77 Å². The average Bonchev–Trinajstić information content (AvgIpc) is 2.91. The molecule has 22 heavy (non-hydrogen) atoms. The largest absolute Gasteiger partial charge is 0.286 e. The third kappa shape index (κ3) is 2.75. The standard InChI is InChI=1S/C14H9Cl2N3OS2/c1-18-14(21)19(9-4-2-8(15)3-5-9)13(20)12(17-18)10-6-7-11(16)22-10/h2-7H,1H3. The molecule has 0 N–H and O–H groups in total. The summed E-state index contributed by atoms with van der Waals surface area (Å²) in [5.41, 5.74) is 0.660. The summed E-state index contributed by atoms with van der Waals surface area (Å²) in [7, 11) is 1.70. The number of hydrogen-bond donors (Lipinski definition) is 0. The van der Waals surface area contributed by atoms with E-state index in [-0.39, 0.29) is 5.56 Å². The number of thiophene rings is 1. The van der Waals surface area contributed by atoms with Gasteiger partial charge in [-0.05, 0) is 48.6 Å². The summed E-state index contributed by atoms with van der Waals surface area (Å²) < 4.78 is 3.83. The molecule has 3 aromatic rings. The van der Waals surface area contributed by atoms with Gasteiger partial charge in [-0.2, -0.15) is 5.10 Å². The summed E-state index contributed by atoms with van der Waals surface area (Å²) in [4.78, 5) is 13.5. The quantitative estimate of drug-likeness (QED) is 0.630. The fraction of sp³-hybridized carbons (Fsp3) is 0.0714. The summed E-state index contributed by atoms with van der Waals surface area (Å²) in [6.07, 6.45) is 0. The van der Waals surface area contributed by atoms with Crippen molar-refractivity contribution >= 4 is 46.8 Å². The smallest absolute Gasteiger partial charge is 0.266 e. The number of benzene rings is 1. The lowest BCUT2D eigenvalue weighted by molar-refractivity contribution is 0.662. The Balaban J connectivity index is 2.31. The molecule has 0 saturated carbocycles. The number of aromatic nitrogens is 3. The zero-order valence-corrected chi connectivity index (χ0v) is 14.4. The molecule has 0 aliphatic heterocycles. The highest BCUT2D eigenvalue weighted by molar-refractivity contribution is 7.71. The number of nitrogens with zero attached hydrogens (tertiary/aromatic N) is 3. The molecule has 112 valence electrons. The maximum absolute atomic E-state index is 12.8. The Labute approximate surface area is 145 Å². The lowest BCUT2D eigenvalue weighted by Gasteiger charge is -2.10. The van der Waals surface area contributed by atoms with Crippen LogP contribution < -0.4 is 5.56 Å². The van der Waals surface area contributed by atoms with Gasteiger partial charge >= 0.3 is 0 Å². The molecule has 0 atom stereocenters. The molecule has 0 spiro atoms. The van der Waals surface area contributed by atoms with Crippen LogP contribution in [-0.4, -0.2) is 14.3 Å². The van der Waals surface area contributed by atoms with E-state index in [0.29, 0.717) is 30.4 Å². The molecule has 0 aliphatic rings. The predicted molar refractivity (Wildman–Crippen MR) is 93.0 cm³/mol. The van der Waals surface area contributed by atoms with Crippen LogP contribution in [0.4, 0.5) is 0 Å². The van der Waals surface area contributed by atoms with Gasteiger partial charge in [-0.1, -0.05) is 23.2 Å². The lowest BCUT2D eigenvalue weighted by Crippen LogP contribution is -2.26. The zero-order valence-electron chi connectivity index (χ0n) is 11.3. The second-order valence-corrected chi connectivity index (χ2v) is 6.99. The van der Waals surface area contributed by atoms with Crippen molar-refractivity contribution in [2.75, 3.05) is 0 Å². The minimum atomic E-state index is -0.288. The molecule has 0 fully saturated rings. The Bertz CT molecular complexity index is 957. The molecule has 0 bridgehead atoms. The van der Waals surface area contributed by atoms with Crippen LogP contribution in [-0.2, 0) is 7.05 Å². The van der Waals surface area contributed by atoms with Crippen molar-refractivity contribution in [1.29, 1.82) is 0 Å². The molecule has 8 heteroatoms. The first-order valence-electron chi connectivity index (χ1n) is 6.19. The Hall–Kier alpha value is -1.47. The van der Waals surface area contributed by atoms with Crippen molar-refractivity contribution in [2.45, 2.75) is 0 Å². The molecule has 4 nitrogen and oxygen atoms in total. The fourth-order valence-corrected chi connectivity index (χ4v) is 3.36. The Morgan fingerprint density at radius 2 is 1.82 bits per heavy atom. The first-order valence-corrected chi connectivity index (χ1v) is 8.17. The van der Waals surface area contributed by atoms with Gasteiger partial charge in [0.25, 0.3) is 5.56 Å². The highest BCUT2D eigenvalue weighted by Crippen LogP contribution is 2.28. The minimum absolute atomic E-state index is 0.288. The first-order chi connectivity index (χ1) is 10.5. The van der Waals surface area contributed by atoms with Gasteiger partial charge in [0.05, 0.1) is 14.9 Å². The van der Waals surface area contributed by atoms with Gasteiger partial charge in [0, 0.05) is 12.1 Å². The van der Waals surface area contributed by atoms with E-state index in [4.69, 9.17) is 35.4 Å². The predicted octanol–water partition coefficient (Wildman–Crippen LogP) is 4.34. The Kier molecular flexibility index (Phi) is 4.18. The molecular weight excluding hydrogens is 361 g/mol. The molecule has 1 aromatic carbocycles. The first kappa shape index (κ1) is 15.4. The highest BCUT2D eigenvalue weighted by Gasteiger charge is 2.14. The normalized spacial score (nSPS) is 10.9. The van der Waals surface area contributed by atoms with E-state index in [9.17, 15) is 4.79 Å². The topological polar surface area (TPSA) is 39.8 Å². The number of aryl methyl sites for hydroxylation is 1. The molecule has 0 saturated heterocycles. The third-order valence-corrected chi connectivity index (χ3v) is 4.95. The van der Waals surface area contributed by atoms with E-state index < -0.39 is 0 Å². The average molecular weight is 370 g/mol. The molecular formula is C14H9Cl2N3OS2. The molecule has 0 unspecified atom stereocenters. The molecule has 0 amide bonds. The van der Waals surface area contributed by atoms with Crippen LogP contribution in [0.2, 0.25) is 9.36 Å². The number of halogens is 2. The fourth-order valence-electron chi connectivity index (χ4n) is 1.99. The molecule has 0 radical (unpaired) electrons. The zero-order chi connectivity index (χ0) is 15.9. The van der Waals surface area contributed by atoms with Crippen LogP contribution in [0.5, 0.6) is 0 Å². The summed E-state index contributed by atoms with van der Waals surface area (Å²) >= 11 is 18.5. The van der Waals surface area contributed by atoms with E-state index >= 15 is 0 Å². The Morgan fingerprint density at radius 1 is 1.14 bits per heavy atom. The van der Waals surface area contributed by atoms with E-state index in [2.05, 4.69) is 5.10 Å². The monoisotopic (exact) mass is 369 g/mol. The van der Waals surface area contributed by atoms with Crippen molar-refractivity contribution in [3.05, 3.63) is 60.9 Å². The number of hydrogen-bond acceptors (Lipinski definition) is 4. The maximum Gasteiger partial charge on any atom is 0.286 e. The van der Waals surface area contributed by atoms with Crippen molar-refractivity contribution in [1.82, 2.24) is 14.3 Å². The minimum Gasteiger partial charge on any atom is -0.266 e. The van der Waals surface area contributed by atoms with Crippen LogP contribution in [0.3, 0.4) is 0 Å². The highest BCUT2D eigenvalue weighted by atomic mass is 35.5. The van der Waals surface area contributed by atoms with Crippen molar-refractivity contribution < 1.29 is 0 Å². The van der Waals surface area contributed by atoms with Crippen LogP contribution in [0.15, 0.2) is 41.2 Å². The van der Waals surface area contributed by atoms with Crippen molar-refractivity contribution in [3.63, 3.8) is 0 Å². The van der Waals surface area contributed by atoms with E-state index in [0.717, 1.165) is 0 Å². The van der Waals surface area contributed by atoms with Gasteiger partial charge in [-0.3, -0.25) is 9.36 Å². The lowest BCUT2D eigenvalue weighted by atomic mass is 10.3. The summed E-state index contributed by atoms with van der Waals surface area (Å²) in [6, 6.07) is 10.4. The summed E-state index contributed by atoms with van der Waals surface area (Å²) in [6.45, 7) is 0. The van der Waals surface area contributed by atoms with Gasteiger partial charge in [0.1, 0.15) is 0 Å². The van der Waals surface area contributed by atoms with E-state index in [1.165, 1.54) is 20.6 Å². The van der Waals surface area contributed by atoms with Crippen molar-refractivity contribution in [2.24, 2.45) is 7.05 Å². The van der Waals surface area contributed by atoms with E-state index in [1.54, 1.807) is 43.4 Å². The Morgan fingerprint density at radius 3 is 2.41 bits per heavy atom. The van der Waals surface area contributed by atoms with Crippen molar-refractivity contribution in [3.8, 4) is 16.3 Å². The van der Waals surface area contributed by atoms with Gasteiger partial charge in [0.15, 0.2) is 5.69 Å². The van der Waals surface area contributed by atoms with Crippen LogP contribution in [0.1, 0.15) is 0 Å². The van der Waals surface area contributed by atoms with Crippen LogP contribution in [0.25, 0.3) is 16.3 Å². The van der Waals surface area contributed by atoms with Gasteiger partial charge in [-0.25, -0.2) is 4.68 Å². The maximum atomic E-state index is 12.8. The third-order valence-electron chi connectivity index (χ3n) is 3.02. The molecule has 0 aliphatic carbocycles. The SMILES string of the molecule is Cn1nc(-c2ccc(Cl)s2)c(=O)n(-c2ccc(Cl)cc2)c1=S. The molecule has 2 heterocycles.